The van der Waals surface area contributed by atoms with Crippen molar-refractivity contribution in [1.29, 1.82) is 0 Å². The molecule has 1 aromatic carbocycles. The molecule has 0 spiro atoms. The number of likely N-dealkylation sites (N-methyl/N-ethyl adjacent to an activating group) is 1. The van der Waals surface area contributed by atoms with E-state index in [1.807, 2.05) is 30.3 Å². The molecular weight excluding hydrogens is 318 g/mol. The van der Waals surface area contributed by atoms with Crippen LogP contribution in [0.3, 0.4) is 0 Å². The molecular formula is C16H18BrNO2. The van der Waals surface area contributed by atoms with E-state index in [0.717, 1.165) is 33.7 Å². The number of hydrogen-bond donors (Lipinski definition) is 0. The van der Waals surface area contributed by atoms with Gasteiger partial charge in [0.1, 0.15) is 5.75 Å². The Morgan fingerprint density at radius 2 is 1.90 bits per heavy atom. The highest BCUT2D eigenvalue weighted by molar-refractivity contribution is 9.12. The van der Waals surface area contributed by atoms with Crippen molar-refractivity contribution in [2.75, 3.05) is 20.4 Å². The van der Waals surface area contributed by atoms with Crippen molar-refractivity contribution in [1.82, 2.24) is 4.90 Å². The lowest BCUT2D eigenvalue weighted by molar-refractivity contribution is 0.0511. The van der Waals surface area contributed by atoms with Crippen LogP contribution in [0.4, 0.5) is 0 Å². The average Bonchev–Trinajstić information content (AvgIpc) is 2.48. The minimum absolute atomic E-state index is 0.260. The van der Waals surface area contributed by atoms with Crippen LogP contribution in [0.2, 0.25) is 0 Å². The second-order valence-corrected chi connectivity index (χ2v) is 5.19. The van der Waals surface area contributed by atoms with Gasteiger partial charge < -0.3 is 14.4 Å². The molecule has 1 aromatic rings. The molecule has 0 unspecified atom stereocenters. The summed E-state index contributed by atoms with van der Waals surface area (Å²) in [7, 11) is 1.61. The molecule has 1 aliphatic heterocycles. The highest BCUT2D eigenvalue weighted by atomic mass is 79.9. The predicted molar refractivity (Wildman–Crippen MR) is 85.5 cm³/mol. The molecule has 0 N–H and O–H groups in total. The lowest BCUT2D eigenvalue weighted by Crippen LogP contribution is -2.22. The quantitative estimate of drug-likeness (QED) is 0.755. The van der Waals surface area contributed by atoms with Gasteiger partial charge in [0.15, 0.2) is 6.79 Å². The first-order chi connectivity index (χ1) is 9.67. The van der Waals surface area contributed by atoms with Crippen LogP contribution in [-0.2, 0) is 4.74 Å². The van der Waals surface area contributed by atoms with Crippen LogP contribution in [0.5, 0.6) is 5.75 Å². The van der Waals surface area contributed by atoms with Crippen molar-refractivity contribution in [3.05, 3.63) is 58.7 Å². The summed E-state index contributed by atoms with van der Waals surface area (Å²) in [6, 6.07) is 7.97. The molecule has 0 radical (unpaired) electrons. The molecule has 0 saturated heterocycles. The largest absolute Gasteiger partial charge is 0.468 e. The summed E-state index contributed by atoms with van der Waals surface area (Å²) in [4.78, 5) is 2.18. The number of rotatable bonds is 5. The molecule has 0 aromatic heterocycles. The third-order valence-electron chi connectivity index (χ3n) is 3.09. The number of allylic oxidation sites excluding steroid dienone is 3. The van der Waals surface area contributed by atoms with E-state index >= 15 is 0 Å². The van der Waals surface area contributed by atoms with Gasteiger partial charge in [0.2, 0.25) is 0 Å². The lowest BCUT2D eigenvalue weighted by atomic mass is 10.1. The van der Waals surface area contributed by atoms with Crippen LogP contribution >= 0.6 is 15.9 Å². The van der Waals surface area contributed by atoms with Crippen LogP contribution < -0.4 is 4.74 Å². The Morgan fingerprint density at radius 3 is 2.50 bits per heavy atom. The zero-order chi connectivity index (χ0) is 14.5. The van der Waals surface area contributed by atoms with Crippen molar-refractivity contribution < 1.29 is 9.47 Å². The van der Waals surface area contributed by atoms with Crippen molar-refractivity contribution >= 4 is 21.6 Å². The maximum absolute atomic E-state index is 5.40. The summed E-state index contributed by atoms with van der Waals surface area (Å²) in [5.74, 6) is 0.797. The minimum Gasteiger partial charge on any atom is -0.468 e. The van der Waals surface area contributed by atoms with E-state index in [4.69, 9.17) is 9.47 Å². The maximum atomic E-state index is 5.40. The molecule has 3 nitrogen and oxygen atoms in total. The molecule has 0 fully saturated rings. The van der Waals surface area contributed by atoms with E-state index in [-0.39, 0.29) is 6.79 Å². The second kappa shape index (κ2) is 6.77. The van der Waals surface area contributed by atoms with E-state index in [1.165, 1.54) is 0 Å². The third kappa shape index (κ3) is 3.14. The fourth-order valence-corrected chi connectivity index (χ4v) is 2.42. The van der Waals surface area contributed by atoms with Gasteiger partial charge in [0, 0.05) is 29.5 Å². The van der Waals surface area contributed by atoms with Crippen molar-refractivity contribution in [2.45, 2.75) is 6.92 Å². The fourth-order valence-electron chi connectivity index (χ4n) is 2.07. The predicted octanol–water partition coefficient (Wildman–Crippen LogP) is 4.14. The highest BCUT2D eigenvalue weighted by Crippen LogP contribution is 2.33. The van der Waals surface area contributed by atoms with Crippen LogP contribution in [0.25, 0.3) is 5.70 Å². The molecule has 1 heterocycles. The van der Waals surface area contributed by atoms with Gasteiger partial charge in [0.25, 0.3) is 0 Å². The Bertz CT molecular complexity index is 546. The smallest absolute Gasteiger partial charge is 0.188 e. The molecule has 0 aliphatic carbocycles. The van der Waals surface area contributed by atoms with Gasteiger partial charge in [-0.2, -0.15) is 0 Å². The molecule has 106 valence electrons. The summed E-state index contributed by atoms with van der Waals surface area (Å²) in [5, 5.41) is 0. The van der Waals surface area contributed by atoms with Gasteiger partial charge in [-0.1, -0.05) is 6.58 Å². The number of ether oxygens (including phenoxy) is 2. The van der Waals surface area contributed by atoms with E-state index in [2.05, 4.69) is 40.4 Å². The first kappa shape index (κ1) is 14.9. The van der Waals surface area contributed by atoms with Gasteiger partial charge in [-0.15, -0.1) is 0 Å². The SMILES string of the molecule is C=C1C(Br)=CC=C(c2ccc(OCOC)cc2)N1CC. The van der Waals surface area contributed by atoms with Gasteiger partial charge in [0.05, 0.1) is 0 Å². The lowest BCUT2D eigenvalue weighted by Gasteiger charge is -2.30. The Balaban J connectivity index is 2.24. The Hall–Kier alpha value is -1.52. The number of nitrogens with zero attached hydrogens (tertiary/aromatic N) is 1. The van der Waals surface area contributed by atoms with E-state index in [1.54, 1.807) is 7.11 Å². The van der Waals surface area contributed by atoms with Crippen molar-refractivity contribution in [3.63, 3.8) is 0 Å². The monoisotopic (exact) mass is 335 g/mol. The van der Waals surface area contributed by atoms with Crippen LogP contribution in [-0.4, -0.2) is 25.3 Å². The summed E-state index contributed by atoms with van der Waals surface area (Å²) < 4.78 is 11.3. The number of methoxy groups -OCH3 is 1. The van der Waals surface area contributed by atoms with Gasteiger partial charge in [-0.05, 0) is 64.8 Å². The zero-order valence-corrected chi connectivity index (χ0v) is 13.3. The van der Waals surface area contributed by atoms with E-state index < -0.39 is 0 Å². The van der Waals surface area contributed by atoms with Crippen LogP contribution in [0.1, 0.15) is 12.5 Å². The number of benzene rings is 1. The van der Waals surface area contributed by atoms with Gasteiger partial charge in [-0.25, -0.2) is 0 Å². The van der Waals surface area contributed by atoms with Crippen LogP contribution in [0, 0.1) is 0 Å². The van der Waals surface area contributed by atoms with Gasteiger partial charge in [-0.3, -0.25) is 0 Å². The molecule has 2 rings (SSSR count). The molecule has 0 bridgehead atoms. The van der Waals surface area contributed by atoms with E-state index in [9.17, 15) is 0 Å². The Morgan fingerprint density at radius 1 is 1.20 bits per heavy atom. The maximum Gasteiger partial charge on any atom is 0.188 e. The van der Waals surface area contributed by atoms with Crippen molar-refractivity contribution in [3.8, 4) is 5.75 Å². The Kier molecular flexibility index (Phi) is 5.04. The zero-order valence-electron chi connectivity index (χ0n) is 11.7. The summed E-state index contributed by atoms with van der Waals surface area (Å²) in [5.41, 5.74) is 3.25. The van der Waals surface area contributed by atoms with Crippen molar-refractivity contribution in [2.24, 2.45) is 0 Å². The molecule has 4 heteroatoms. The average molecular weight is 336 g/mol. The molecule has 20 heavy (non-hydrogen) atoms. The minimum atomic E-state index is 0.260. The highest BCUT2D eigenvalue weighted by Gasteiger charge is 2.18. The van der Waals surface area contributed by atoms with Crippen LogP contribution in [0.15, 0.2) is 53.2 Å². The molecule has 0 amide bonds. The normalized spacial score (nSPS) is 14.9. The molecule has 0 saturated carbocycles. The molecule has 0 atom stereocenters. The molecule has 1 aliphatic rings. The summed E-state index contributed by atoms with van der Waals surface area (Å²) in [6.07, 6.45) is 4.12. The first-order valence-corrected chi connectivity index (χ1v) is 7.23. The number of hydrogen-bond acceptors (Lipinski definition) is 3. The summed E-state index contributed by atoms with van der Waals surface area (Å²) in [6.45, 7) is 7.35. The van der Waals surface area contributed by atoms with Gasteiger partial charge >= 0.3 is 0 Å². The van der Waals surface area contributed by atoms with E-state index in [0.29, 0.717) is 0 Å². The third-order valence-corrected chi connectivity index (χ3v) is 3.81. The Labute approximate surface area is 128 Å². The fraction of sp³-hybridized carbons (Fsp3) is 0.250. The topological polar surface area (TPSA) is 21.7 Å². The standard InChI is InChI=1S/C16H18BrNO2/c1-4-18-12(2)15(17)9-10-16(18)13-5-7-14(8-6-13)20-11-19-3/h5-10H,2,4,11H2,1,3H3. The first-order valence-electron chi connectivity index (χ1n) is 6.43. The summed E-state index contributed by atoms with van der Waals surface area (Å²) >= 11 is 3.52. The number of halogens is 1. The second-order valence-electron chi connectivity index (χ2n) is 4.33.